The van der Waals surface area contributed by atoms with Crippen molar-refractivity contribution in [3.63, 3.8) is 0 Å². The molecule has 1 fully saturated rings. The molecular weight excluding hydrogens is 164 g/mol. The van der Waals surface area contributed by atoms with E-state index >= 15 is 0 Å². The molecule has 0 N–H and O–H groups in total. The van der Waals surface area contributed by atoms with Crippen molar-refractivity contribution >= 4 is 8.07 Å². The fourth-order valence-electron chi connectivity index (χ4n) is 1.72. The molecule has 1 unspecified atom stereocenters. The van der Waals surface area contributed by atoms with Gasteiger partial charge in [-0.25, -0.2) is 0 Å². The van der Waals surface area contributed by atoms with Crippen LogP contribution in [0.25, 0.3) is 0 Å². The summed E-state index contributed by atoms with van der Waals surface area (Å²) < 4.78 is 5.47. The second-order valence-corrected chi connectivity index (χ2v) is 11.3. The normalized spacial score (nSPS) is 26.2. The molecule has 12 heavy (non-hydrogen) atoms. The van der Waals surface area contributed by atoms with Gasteiger partial charge in [0.05, 0.1) is 8.07 Å². The second kappa shape index (κ2) is 3.15. The molecule has 0 spiro atoms. The van der Waals surface area contributed by atoms with Gasteiger partial charge in [0.15, 0.2) is 0 Å². The van der Waals surface area contributed by atoms with Gasteiger partial charge in [-0.15, -0.1) is 0 Å². The van der Waals surface area contributed by atoms with Crippen molar-refractivity contribution in [2.24, 2.45) is 0 Å². The Kier molecular flexibility index (Phi) is 2.69. The molecule has 0 aromatic carbocycles. The van der Waals surface area contributed by atoms with Crippen molar-refractivity contribution in [1.29, 1.82) is 0 Å². The minimum Gasteiger partial charge on any atom is -0.381 e. The predicted octanol–water partition coefficient (Wildman–Crippen LogP) is 3.29. The van der Waals surface area contributed by atoms with E-state index in [9.17, 15) is 0 Å². The Hall–Kier alpha value is 0.177. The van der Waals surface area contributed by atoms with Gasteiger partial charge in [0, 0.05) is 13.2 Å². The zero-order valence-electron chi connectivity index (χ0n) is 9.11. The third-order valence-electron chi connectivity index (χ3n) is 3.88. The van der Waals surface area contributed by atoms with Crippen LogP contribution in [0.5, 0.6) is 0 Å². The van der Waals surface area contributed by atoms with Crippen molar-refractivity contribution in [3.05, 3.63) is 0 Å². The third-order valence-corrected chi connectivity index (χ3v) is 10.2. The topological polar surface area (TPSA) is 9.23 Å². The van der Waals surface area contributed by atoms with Gasteiger partial charge in [0.1, 0.15) is 0 Å². The molecule has 1 heterocycles. The minimum atomic E-state index is -1.10. The first-order valence-electron chi connectivity index (χ1n) is 4.93. The van der Waals surface area contributed by atoms with Gasteiger partial charge in [-0.1, -0.05) is 33.9 Å². The van der Waals surface area contributed by atoms with E-state index < -0.39 is 8.07 Å². The fourth-order valence-corrected chi connectivity index (χ4v) is 4.31. The summed E-state index contributed by atoms with van der Waals surface area (Å²) in [5.41, 5.74) is 0.887. The quantitative estimate of drug-likeness (QED) is 0.571. The number of hydrogen-bond donors (Lipinski definition) is 0. The summed E-state index contributed by atoms with van der Waals surface area (Å²) in [4.78, 5) is 0. The molecule has 1 rings (SSSR count). The molecule has 0 aromatic rings. The highest BCUT2D eigenvalue weighted by Crippen LogP contribution is 2.46. The summed E-state index contributed by atoms with van der Waals surface area (Å²) in [5, 5.41) is 0.519. The van der Waals surface area contributed by atoms with Gasteiger partial charge >= 0.3 is 0 Å². The molecule has 2 heteroatoms. The van der Waals surface area contributed by atoms with Gasteiger partial charge in [0.25, 0.3) is 0 Å². The Morgan fingerprint density at radius 3 is 2.17 bits per heavy atom. The molecule has 1 aliphatic rings. The number of hydrogen-bond acceptors (Lipinski definition) is 1. The maximum atomic E-state index is 5.47. The number of ether oxygens (including phenoxy) is 1. The van der Waals surface area contributed by atoms with Crippen molar-refractivity contribution in [3.8, 4) is 0 Å². The molecule has 1 saturated heterocycles. The van der Waals surface area contributed by atoms with Crippen LogP contribution in [0.1, 0.15) is 27.2 Å². The van der Waals surface area contributed by atoms with Crippen molar-refractivity contribution in [2.45, 2.75) is 50.9 Å². The van der Waals surface area contributed by atoms with E-state index in [0.29, 0.717) is 5.04 Å². The molecule has 0 amide bonds. The average Bonchev–Trinajstić information content (AvgIpc) is 2.34. The van der Waals surface area contributed by atoms with Crippen LogP contribution < -0.4 is 0 Å². The predicted molar refractivity (Wildman–Crippen MR) is 56.4 cm³/mol. The SMILES string of the molecule is CC(C)(C)[Si](C)(C)C1CCOC1. The van der Waals surface area contributed by atoms with E-state index in [0.717, 1.165) is 18.8 Å². The largest absolute Gasteiger partial charge is 0.381 e. The van der Waals surface area contributed by atoms with E-state index in [2.05, 4.69) is 33.9 Å². The Bertz CT molecular complexity index is 152. The Morgan fingerprint density at radius 2 is 1.83 bits per heavy atom. The lowest BCUT2D eigenvalue weighted by Gasteiger charge is -2.41. The van der Waals surface area contributed by atoms with E-state index in [-0.39, 0.29) is 0 Å². The van der Waals surface area contributed by atoms with Crippen LogP contribution in [0.2, 0.25) is 23.7 Å². The summed E-state index contributed by atoms with van der Waals surface area (Å²) in [6.07, 6.45) is 1.30. The molecule has 0 aliphatic carbocycles. The molecule has 1 nitrogen and oxygen atoms in total. The lowest BCUT2D eigenvalue weighted by molar-refractivity contribution is 0.197. The fraction of sp³-hybridized carbons (Fsp3) is 1.00. The molecule has 0 saturated carbocycles. The number of rotatable bonds is 1. The molecule has 1 atom stereocenters. The Balaban J connectivity index is 2.69. The molecular formula is C10H22OSi. The van der Waals surface area contributed by atoms with Gasteiger partial charge < -0.3 is 4.74 Å². The first-order chi connectivity index (χ1) is 5.36. The lowest BCUT2D eigenvalue weighted by atomic mass is 10.2. The monoisotopic (exact) mass is 186 g/mol. The van der Waals surface area contributed by atoms with E-state index in [1.165, 1.54) is 6.42 Å². The summed E-state index contributed by atoms with van der Waals surface area (Å²) in [7, 11) is -1.10. The highest BCUT2D eigenvalue weighted by atomic mass is 28.3. The maximum Gasteiger partial charge on any atom is 0.0584 e. The van der Waals surface area contributed by atoms with Crippen molar-refractivity contribution < 1.29 is 4.74 Å². The Morgan fingerprint density at radius 1 is 1.25 bits per heavy atom. The molecule has 0 radical (unpaired) electrons. The highest BCUT2D eigenvalue weighted by molar-refractivity contribution is 6.81. The van der Waals surface area contributed by atoms with Gasteiger partial charge in [-0.3, -0.25) is 0 Å². The van der Waals surface area contributed by atoms with Gasteiger partial charge in [-0.05, 0) is 17.0 Å². The summed E-state index contributed by atoms with van der Waals surface area (Å²) in [6, 6.07) is 0. The standard InChI is InChI=1S/C10H22OSi/c1-10(2,3)12(4,5)9-6-7-11-8-9/h9H,6-8H2,1-5H3. The van der Waals surface area contributed by atoms with Crippen molar-refractivity contribution in [1.82, 2.24) is 0 Å². The second-order valence-electron chi connectivity index (χ2n) is 5.53. The van der Waals surface area contributed by atoms with E-state index in [1.807, 2.05) is 0 Å². The third kappa shape index (κ3) is 1.74. The molecule has 0 aromatic heterocycles. The first-order valence-corrected chi connectivity index (χ1v) is 8.01. The summed E-state index contributed by atoms with van der Waals surface area (Å²) >= 11 is 0. The van der Waals surface area contributed by atoms with Crippen molar-refractivity contribution in [2.75, 3.05) is 13.2 Å². The highest BCUT2D eigenvalue weighted by Gasteiger charge is 2.43. The van der Waals surface area contributed by atoms with E-state index in [1.54, 1.807) is 0 Å². The first kappa shape index (κ1) is 10.3. The van der Waals surface area contributed by atoms with Crippen LogP contribution in [0.3, 0.4) is 0 Å². The van der Waals surface area contributed by atoms with Gasteiger partial charge in [-0.2, -0.15) is 0 Å². The Labute approximate surface area is 77.5 Å². The van der Waals surface area contributed by atoms with Crippen LogP contribution >= 0.6 is 0 Å². The minimum absolute atomic E-state index is 0.519. The lowest BCUT2D eigenvalue weighted by Crippen LogP contribution is -2.42. The summed E-state index contributed by atoms with van der Waals surface area (Å²) in [6.45, 7) is 14.2. The van der Waals surface area contributed by atoms with Crippen LogP contribution in [0, 0.1) is 0 Å². The molecule has 0 bridgehead atoms. The van der Waals surface area contributed by atoms with Crippen LogP contribution in [-0.4, -0.2) is 21.3 Å². The molecule has 1 aliphatic heterocycles. The molecule has 72 valence electrons. The maximum absolute atomic E-state index is 5.47. The average molecular weight is 186 g/mol. The van der Waals surface area contributed by atoms with Crippen LogP contribution in [-0.2, 0) is 4.74 Å². The van der Waals surface area contributed by atoms with E-state index in [4.69, 9.17) is 4.74 Å². The van der Waals surface area contributed by atoms with Crippen LogP contribution in [0.4, 0.5) is 0 Å². The smallest absolute Gasteiger partial charge is 0.0584 e. The summed E-state index contributed by atoms with van der Waals surface area (Å²) in [5.74, 6) is 0. The zero-order valence-corrected chi connectivity index (χ0v) is 10.1. The van der Waals surface area contributed by atoms with Gasteiger partial charge in [0.2, 0.25) is 0 Å². The zero-order chi connectivity index (χ0) is 9.41. The van der Waals surface area contributed by atoms with Crippen LogP contribution in [0.15, 0.2) is 0 Å².